The predicted octanol–water partition coefficient (Wildman–Crippen LogP) is 5.04. The summed E-state index contributed by atoms with van der Waals surface area (Å²) >= 11 is 12.2. The highest BCUT2D eigenvalue weighted by molar-refractivity contribution is 6.40. The topological polar surface area (TPSA) is 103 Å². The number of carbonyl (C=O) groups excluding carboxylic acids is 2. The van der Waals surface area contributed by atoms with Crippen molar-refractivity contribution in [3.8, 4) is 11.5 Å². The number of hydrogen-bond donors (Lipinski definition) is 4. The minimum atomic E-state index is -0.278. The molecule has 0 fully saturated rings. The van der Waals surface area contributed by atoms with Gasteiger partial charge in [-0.05, 0) is 69.8 Å². The number of nitrogens with one attached hydrogen (secondary N) is 3. The zero-order valence-electron chi connectivity index (χ0n) is 23.1. The maximum atomic E-state index is 13.1. The second-order valence-corrected chi connectivity index (χ2v) is 11.0. The molecular formula is C29H42Cl2N4O4. The van der Waals surface area contributed by atoms with Gasteiger partial charge in [-0.2, -0.15) is 0 Å². The molecule has 1 aromatic carbocycles. The zero-order chi connectivity index (χ0) is 28.2. The Morgan fingerprint density at radius 1 is 1.15 bits per heavy atom. The number of benzene rings is 1. The molecule has 1 aliphatic carbocycles. The van der Waals surface area contributed by atoms with Crippen LogP contribution < -0.4 is 20.7 Å². The Bertz CT molecular complexity index is 1060. The molecule has 10 heteroatoms. The molecular weight excluding hydrogens is 539 g/mol. The Morgan fingerprint density at radius 2 is 1.92 bits per heavy atom. The summed E-state index contributed by atoms with van der Waals surface area (Å²) in [5, 5.41) is 20.9. The second-order valence-electron chi connectivity index (χ2n) is 10.2. The molecule has 0 bridgehead atoms. The fourth-order valence-electron chi connectivity index (χ4n) is 4.83. The number of allylic oxidation sites excluding steroid dienone is 3. The molecule has 1 aromatic rings. The van der Waals surface area contributed by atoms with Gasteiger partial charge in [-0.25, -0.2) is 0 Å². The third-order valence-corrected chi connectivity index (χ3v) is 7.98. The summed E-state index contributed by atoms with van der Waals surface area (Å²) in [6.07, 6.45) is 8.92. The number of halogens is 2. The number of ether oxygens (including phenoxy) is 1. The highest BCUT2D eigenvalue weighted by Gasteiger charge is 2.23. The van der Waals surface area contributed by atoms with Gasteiger partial charge in [0.25, 0.3) is 5.91 Å². The van der Waals surface area contributed by atoms with Crippen molar-refractivity contribution in [2.75, 3.05) is 44.6 Å². The van der Waals surface area contributed by atoms with Crippen molar-refractivity contribution in [2.24, 2.45) is 0 Å². The fraction of sp³-hybridized carbons (Fsp3) is 0.586. The van der Waals surface area contributed by atoms with Gasteiger partial charge >= 0.3 is 0 Å². The SMILES string of the molecule is CCCC[C@@H](C)N(CCNCCc1ccc(O)c2c1OCC(=O)N2)C(=O)CCNCCC1=CC(Cl)=C(Cl)CC1. The molecule has 0 aromatic heterocycles. The van der Waals surface area contributed by atoms with E-state index in [4.69, 9.17) is 27.9 Å². The largest absolute Gasteiger partial charge is 0.506 e. The van der Waals surface area contributed by atoms with Gasteiger partial charge in [0, 0.05) is 37.1 Å². The van der Waals surface area contributed by atoms with Crippen LogP contribution in [0.1, 0.15) is 64.4 Å². The lowest BCUT2D eigenvalue weighted by molar-refractivity contribution is -0.133. The van der Waals surface area contributed by atoms with Crippen LogP contribution in [0.2, 0.25) is 0 Å². The Morgan fingerprint density at radius 3 is 2.69 bits per heavy atom. The molecule has 0 radical (unpaired) electrons. The lowest BCUT2D eigenvalue weighted by atomic mass is 10.0. The van der Waals surface area contributed by atoms with Gasteiger partial charge in [0.1, 0.15) is 11.4 Å². The van der Waals surface area contributed by atoms with Crippen LogP contribution in [0.5, 0.6) is 11.5 Å². The van der Waals surface area contributed by atoms with Gasteiger partial charge in [-0.1, -0.05) is 54.6 Å². The fourth-order valence-corrected chi connectivity index (χ4v) is 5.23. The maximum Gasteiger partial charge on any atom is 0.262 e. The van der Waals surface area contributed by atoms with Crippen LogP contribution in [0.15, 0.2) is 33.8 Å². The van der Waals surface area contributed by atoms with Crippen LogP contribution in [-0.2, 0) is 16.0 Å². The number of phenolic OH excluding ortho intramolecular Hbond substituents is 1. The first kappa shape index (κ1) is 31.3. The van der Waals surface area contributed by atoms with Crippen molar-refractivity contribution in [2.45, 2.75) is 71.3 Å². The lowest BCUT2D eigenvalue weighted by Crippen LogP contribution is -2.43. The van der Waals surface area contributed by atoms with Gasteiger partial charge < -0.3 is 30.7 Å². The molecule has 39 heavy (non-hydrogen) atoms. The van der Waals surface area contributed by atoms with Crippen LogP contribution in [-0.4, -0.2) is 67.2 Å². The third kappa shape index (κ3) is 9.71. The molecule has 0 saturated heterocycles. The van der Waals surface area contributed by atoms with Crippen LogP contribution in [0.25, 0.3) is 0 Å². The molecule has 1 heterocycles. The number of unbranched alkanes of at least 4 members (excludes halogenated alkanes) is 1. The molecule has 1 atom stereocenters. The van der Waals surface area contributed by atoms with E-state index in [1.807, 2.05) is 17.0 Å². The van der Waals surface area contributed by atoms with Crippen LogP contribution in [0.4, 0.5) is 5.69 Å². The summed E-state index contributed by atoms with van der Waals surface area (Å²) in [6, 6.07) is 3.57. The number of phenols is 1. The van der Waals surface area contributed by atoms with Crippen molar-refractivity contribution in [1.29, 1.82) is 0 Å². The Hall–Kier alpha value is -2.26. The number of hydrogen-bond acceptors (Lipinski definition) is 6. The standard InChI is InChI=1S/C29H42Cl2N4O4/c1-3-4-5-20(2)35(27(38)12-15-32-13-10-21-6-8-23(30)24(31)18-21)17-16-33-14-11-22-7-9-25(36)28-29(22)39-19-26(37)34-28/h7,9,18,20,32-33,36H,3-6,8,10-17,19H2,1-2H3,(H,34,37)/t20-/m1/s1. The Balaban J connectivity index is 1.42. The van der Waals surface area contributed by atoms with Crippen molar-refractivity contribution < 1.29 is 19.4 Å². The molecule has 8 nitrogen and oxygen atoms in total. The summed E-state index contributed by atoms with van der Waals surface area (Å²) < 4.78 is 5.57. The number of anilines is 1. The quantitative estimate of drug-likeness (QED) is 0.161. The summed E-state index contributed by atoms with van der Waals surface area (Å²) in [7, 11) is 0. The van der Waals surface area contributed by atoms with Crippen LogP contribution in [0.3, 0.4) is 0 Å². The minimum absolute atomic E-state index is 0.00277. The second kappa shape index (κ2) is 16.1. The summed E-state index contributed by atoms with van der Waals surface area (Å²) in [4.78, 5) is 26.7. The van der Waals surface area contributed by atoms with E-state index in [0.717, 1.165) is 55.7 Å². The maximum absolute atomic E-state index is 13.1. The van der Waals surface area contributed by atoms with E-state index in [9.17, 15) is 14.7 Å². The predicted molar refractivity (Wildman–Crippen MR) is 158 cm³/mol. The number of nitrogens with zero attached hydrogens (tertiary/aromatic N) is 1. The van der Waals surface area contributed by atoms with Gasteiger partial charge in [0.2, 0.25) is 5.91 Å². The molecule has 0 unspecified atom stereocenters. The lowest BCUT2D eigenvalue weighted by Gasteiger charge is -2.30. The summed E-state index contributed by atoms with van der Waals surface area (Å²) in [6.45, 7) is 7.69. The van der Waals surface area contributed by atoms with Crippen molar-refractivity contribution in [3.05, 3.63) is 39.4 Å². The van der Waals surface area contributed by atoms with Crippen molar-refractivity contribution in [3.63, 3.8) is 0 Å². The first-order valence-electron chi connectivity index (χ1n) is 14.0. The molecule has 1 aliphatic heterocycles. The monoisotopic (exact) mass is 580 g/mol. The average Bonchev–Trinajstić information content (AvgIpc) is 2.92. The molecule has 2 aliphatic rings. The van der Waals surface area contributed by atoms with E-state index in [2.05, 4.69) is 29.8 Å². The molecule has 216 valence electrons. The van der Waals surface area contributed by atoms with Gasteiger partial charge in [-0.15, -0.1) is 0 Å². The Kier molecular flexibility index (Phi) is 12.9. The van der Waals surface area contributed by atoms with E-state index in [0.29, 0.717) is 55.5 Å². The normalized spacial score (nSPS) is 15.8. The number of aromatic hydroxyl groups is 1. The van der Waals surface area contributed by atoms with E-state index < -0.39 is 0 Å². The average molecular weight is 582 g/mol. The minimum Gasteiger partial charge on any atom is -0.506 e. The van der Waals surface area contributed by atoms with E-state index >= 15 is 0 Å². The number of fused-ring (bicyclic) bond motifs is 1. The van der Waals surface area contributed by atoms with E-state index in [1.165, 1.54) is 5.57 Å². The third-order valence-electron chi connectivity index (χ3n) is 7.15. The molecule has 4 N–H and O–H groups in total. The molecule has 0 saturated carbocycles. The number of amides is 2. The highest BCUT2D eigenvalue weighted by atomic mass is 35.5. The number of carbonyl (C=O) groups is 2. The summed E-state index contributed by atoms with van der Waals surface area (Å²) in [5.74, 6) is 0.410. The molecule has 3 rings (SSSR count). The van der Waals surface area contributed by atoms with E-state index in [-0.39, 0.29) is 30.2 Å². The van der Waals surface area contributed by atoms with Crippen LogP contribution >= 0.6 is 23.2 Å². The first-order valence-corrected chi connectivity index (χ1v) is 14.8. The van der Waals surface area contributed by atoms with Gasteiger partial charge in [0.15, 0.2) is 12.4 Å². The molecule has 0 spiro atoms. The highest BCUT2D eigenvalue weighted by Crippen LogP contribution is 2.39. The first-order chi connectivity index (χ1) is 18.8. The Labute approximate surface area is 242 Å². The van der Waals surface area contributed by atoms with Crippen LogP contribution in [0, 0.1) is 0 Å². The van der Waals surface area contributed by atoms with Crippen molar-refractivity contribution in [1.82, 2.24) is 15.5 Å². The zero-order valence-corrected chi connectivity index (χ0v) is 24.6. The summed E-state index contributed by atoms with van der Waals surface area (Å²) in [5.41, 5.74) is 2.53. The van der Waals surface area contributed by atoms with E-state index in [1.54, 1.807) is 6.07 Å². The smallest absolute Gasteiger partial charge is 0.262 e. The molecule has 2 amide bonds. The van der Waals surface area contributed by atoms with Gasteiger partial charge in [-0.3, -0.25) is 9.59 Å². The number of rotatable bonds is 16. The van der Waals surface area contributed by atoms with Gasteiger partial charge in [0.05, 0.1) is 5.03 Å². The van der Waals surface area contributed by atoms with Crippen molar-refractivity contribution >= 4 is 40.7 Å².